The first-order valence-electron chi connectivity index (χ1n) is 9.59. The molecule has 2 aromatic rings. The van der Waals surface area contributed by atoms with Crippen molar-refractivity contribution in [1.82, 2.24) is 24.8 Å². The molecule has 1 amide bonds. The van der Waals surface area contributed by atoms with E-state index in [9.17, 15) is 4.79 Å². The maximum absolute atomic E-state index is 12.4. The van der Waals surface area contributed by atoms with Gasteiger partial charge in [-0.25, -0.2) is 4.98 Å². The quantitative estimate of drug-likeness (QED) is 0.895. The highest BCUT2D eigenvalue weighted by atomic mass is 16.2. The maximum Gasteiger partial charge on any atom is 0.222 e. The third-order valence-electron chi connectivity index (χ3n) is 5.85. The highest BCUT2D eigenvalue weighted by Gasteiger charge is 2.41. The van der Waals surface area contributed by atoms with E-state index in [0.717, 1.165) is 51.3 Å². The van der Waals surface area contributed by atoms with Gasteiger partial charge in [-0.3, -0.25) is 14.7 Å². The summed E-state index contributed by atoms with van der Waals surface area (Å²) in [6.45, 7) is 4.89. The van der Waals surface area contributed by atoms with Gasteiger partial charge in [0.2, 0.25) is 5.91 Å². The minimum Gasteiger partial charge on any atom is -0.348 e. The van der Waals surface area contributed by atoms with Gasteiger partial charge in [0.25, 0.3) is 0 Å². The van der Waals surface area contributed by atoms with Crippen molar-refractivity contribution < 1.29 is 4.79 Å². The van der Waals surface area contributed by atoms with E-state index in [0.29, 0.717) is 12.3 Å². The monoisotopic (exact) mass is 353 g/mol. The summed E-state index contributed by atoms with van der Waals surface area (Å²) in [6.07, 6.45) is 12.3. The summed E-state index contributed by atoms with van der Waals surface area (Å²) in [7, 11) is 0. The second kappa shape index (κ2) is 7.58. The lowest BCUT2D eigenvalue weighted by Crippen LogP contribution is -2.54. The first-order valence-corrected chi connectivity index (χ1v) is 9.59. The number of likely N-dealkylation sites (tertiary alicyclic amines) is 2. The molecule has 138 valence electrons. The zero-order chi connectivity index (χ0) is 17.8. The minimum atomic E-state index is 0.257. The fourth-order valence-electron chi connectivity index (χ4n) is 4.51. The van der Waals surface area contributed by atoms with E-state index < -0.39 is 0 Å². The van der Waals surface area contributed by atoms with Gasteiger partial charge >= 0.3 is 0 Å². The Morgan fingerprint density at radius 1 is 1.15 bits per heavy atom. The molecule has 2 saturated heterocycles. The lowest BCUT2D eigenvalue weighted by molar-refractivity contribution is -0.139. The van der Waals surface area contributed by atoms with Crippen LogP contribution in [0.2, 0.25) is 0 Å². The number of hydrogen-bond acceptors (Lipinski definition) is 4. The molecule has 0 aromatic carbocycles. The van der Waals surface area contributed by atoms with Crippen molar-refractivity contribution in [3.63, 3.8) is 0 Å². The van der Waals surface area contributed by atoms with Crippen molar-refractivity contribution in [3.05, 3.63) is 48.3 Å². The molecule has 6 nitrogen and oxygen atoms in total. The topological polar surface area (TPSA) is 65.1 Å². The van der Waals surface area contributed by atoms with Gasteiger partial charge in [0, 0.05) is 68.7 Å². The molecule has 2 aliphatic heterocycles. The van der Waals surface area contributed by atoms with Gasteiger partial charge in [-0.2, -0.15) is 0 Å². The highest BCUT2D eigenvalue weighted by molar-refractivity contribution is 5.77. The second-order valence-electron chi connectivity index (χ2n) is 7.81. The van der Waals surface area contributed by atoms with Crippen LogP contribution in [0, 0.1) is 5.41 Å². The summed E-state index contributed by atoms with van der Waals surface area (Å²) in [5.74, 6) is 0.307. The Bertz CT molecular complexity index is 717. The van der Waals surface area contributed by atoms with Crippen LogP contribution in [0.3, 0.4) is 0 Å². The van der Waals surface area contributed by atoms with E-state index >= 15 is 0 Å². The molecule has 0 radical (unpaired) electrons. The van der Waals surface area contributed by atoms with Gasteiger partial charge in [-0.15, -0.1) is 0 Å². The number of aromatic nitrogens is 3. The zero-order valence-electron chi connectivity index (χ0n) is 15.2. The summed E-state index contributed by atoms with van der Waals surface area (Å²) in [5.41, 5.74) is 2.67. The third kappa shape index (κ3) is 3.96. The number of H-pyrrole nitrogens is 1. The Hall–Kier alpha value is -2.21. The van der Waals surface area contributed by atoms with Crippen LogP contribution in [0.1, 0.15) is 36.9 Å². The van der Waals surface area contributed by atoms with Crippen LogP contribution < -0.4 is 0 Å². The van der Waals surface area contributed by atoms with Gasteiger partial charge < -0.3 is 9.88 Å². The molecule has 1 unspecified atom stereocenters. The lowest BCUT2D eigenvalue weighted by atomic mass is 9.73. The molecule has 0 bridgehead atoms. The van der Waals surface area contributed by atoms with Crippen LogP contribution >= 0.6 is 0 Å². The van der Waals surface area contributed by atoms with Crippen LogP contribution in [-0.4, -0.2) is 56.8 Å². The average molecular weight is 353 g/mol. The number of piperidine rings is 2. The number of hydrogen-bond donors (Lipinski definition) is 1. The Morgan fingerprint density at radius 3 is 2.85 bits per heavy atom. The van der Waals surface area contributed by atoms with Gasteiger partial charge in [0.1, 0.15) is 0 Å². The maximum atomic E-state index is 12.4. The smallest absolute Gasteiger partial charge is 0.222 e. The molecule has 0 aliphatic carbocycles. The van der Waals surface area contributed by atoms with Crippen LogP contribution in [0.15, 0.2) is 37.1 Å². The molecular formula is C20H27N5O. The largest absolute Gasteiger partial charge is 0.348 e. The van der Waals surface area contributed by atoms with Gasteiger partial charge in [-0.1, -0.05) is 0 Å². The summed E-state index contributed by atoms with van der Waals surface area (Å²) >= 11 is 0. The lowest BCUT2D eigenvalue weighted by Gasteiger charge is -2.48. The molecule has 1 spiro atoms. The van der Waals surface area contributed by atoms with E-state index in [4.69, 9.17) is 0 Å². The SMILES string of the molecule is O=C1CCC2(CCCN(Cc3ccncc3)C2)CN1CCc1cnc[nH]1. The normalized spacial score (nSPS) is 24.3. The van der Waals surface area contributed by atoms with Gasteiger partial charge in [0.15, 0.2) is 0 Å². The number of rotatable bonds is 5. The van der Waals surface area contributed by atoms with E-state index in [1.54, 1.807) is 6.33 Å². The highest BCUT2D eigenvalue weighted by Crippen LogP contribution is 2.39. The Balaban J connectivity index is 1.39. The van der Waals surface area contributed by atoms with E-state index in [-0.39, 0.29) is 5.41 Å². The number of imidazole rings is 1. The fraction of sp³-hybridized carbons (Fsp3) is 0.550. The zero-order valence-corrected chi connectivity index (χ0v) is 15.2. The van der Waals surface area contributed by atoms with E-state index in [1.165, 1.54) is 18.4 Å². The molecule has 2 fully saturated rings. The summed E-state index contributed by atoms with van der Waals surface area (Å²) in [4.78, 5) is 28.4. The number of carbonyl (C=O) groups excluding carboxylic acids is 1. The molecule has 4 rings (SSSR count). The number of aromatic amines is 1. The molecule has 0 saturated carbocycles. The second-order valence-corrected chi connectivity index (χ2v) is 7.81. The van der Waals surface area contributed by atoms with Crippen LogP contribution in [0.25, 0.3) is 0 Å². The van der Waals surface area contributed by atoms with Crippen molar-refractivity contribution in [3.8, 4) is 0 Å². The van der Waals surface area contributed by atoms with Gasteiger partial charge in [0.05, 0.1) is 6.33 Å². The Kier molecular flexibility index (Phi) is 5.02. The molecule has 6 heteroatoms. The molecule has 1 atom stereocenters. The molecule has 2 aliphatic rings. The third-order valence-corrected chi connectivity index (χ3v) is 5.85. The van der Waals surface area contributed by atoms with Crippen molar-refractivity contribution in [2.24, 2.45) is 5.41 Å². The van der Waals surface area contributed by atoms with Crippen molar-refractivity contribution >= 4 is 5.91 Å². The summed E-state index contributed by atoms with van der Waals surface area (Å²) in [5, 5.41) is 0. The van der Waals surface area contributed by atoms with Crippen LogP contribution in [0.5, 0.6) is 0 Å². The van der Waals surface area contributed by atoms with E-state index in [2.05, 4.69) is 36.9 Å². The standard InChI is InChI=1S/C20H27N5O/c26-19-2-7-20(15-25(19)11-5-18-12-22-16-23-18)6-1-10-24(14-20)13-17-3-8-21-9-4-17/h3-4,8-9,12,16H,1-2,5-7,10-11,13-15H2,(H,22,23). The average Bonchev–Trinajstić information content (AvgIpc) is 3.17. The number of nitrogens with one attached hydrogen (secondary N) is 1. The molecule has 1 N–H and O–H groups in total. The number of pyridine rings is 1. The Morgan fingerprint density at radius 2 is 2.04 bits per heavy atom. The number of carbonyl (C=O) groups is 1. The fourth-order valence-corrected chi connectivity index (χ4v) is 4.51. The molecular weight excluding hydrogens is 326 g/mol. The molecule has 2 aromatic heterocycles. The predicted octanol–water partition coefficient (Wildman–Crippen LogP) is 2.25. The Labute approximate surface area is 154 Å². The molecule has 26 heavy (non-hydrogen) atoms. The molecule has 4 heterocycles. The first-order chi connectivity index (χ1) is 12.7. The van der Waals surface area contributed by atoms with Crippen molar-refractivity contribution in [2.75, 3.05) is 26.2 Å². The van der Waals surface area contributed by atoms with E-state index in [1.807, 2.05) is 18.6 Å². The number of amides is 1. The van der Waals surface area contributed by atoms with Crippen LogP contribution in [-0.2, 0) is 17.8 Å². The number of nitrogens with zero attached hydrogens (tertiary/aromatic N) is 4. The van der Waals surface area contributed by atoms with Gasteiger partial charge in [-0.05, 0) is 43.5 Å². The summed E-state index contributed by atoms with van der Waals surface area (Å²) in [6, 6.07) is 4.20. The van der Waals surface area contributed by atoms with Crippen molar-refractivity contribution in [1.29, 1.82) is 0 Å². The first kappa shape index (κ1) is 17.2. The predicted molar refractivity (Wildman–Crippen MR) is 99.3 cm³/mol. The summed E-state index contributed by atoms with van der Waals surface area (Å²) < 4.78 is 0. The van der Waals surface area contributed by atoms with Crippen LogP contribution in [0.4, 0.5) is 0 Å². The minimum absolute atomic E-state index is 0.257. The van der Waals surface area contributed by atoms with Crippen molar-refractivity contribution in [2.45, 2.75) is 38.6 Å².